The van der Waals surface area contributed by atoms with E-state index in [1.165, 1.54) is 25.7 Å². The Morgan fingerprint density at radius 3 is 2.18 bits per heavy atom. The van der Waals surface area contributed by atoms with Crippen LogP contribution >= 0.6 is 0 Å². The molecule has 1 aliphatic heterocycles. The molecule has 6 heteroatoms. The van der Waals surface area contributed by atoms with Crippen molar-refractivity contribution in [3.63, 3.8) is 0 Å². The van der Waals surface area contributed by atoms with E-state index in [2.05, 4.69) is 10.2 Å². The Balaban J connectivity index is 1.37. The Hall–Kier alpha value is -2.70. The summed E-state index contributed by atoms with van der Waals surface area (Å²) in [6.07, 6.45) is 6.46. The van der Waals surface area contributed by atoms with Gasteiger partial charge in [-0.1, -0.05) is 73.5 Å². The van der Waals surface area contributed by atoms with Crippen LogP contribution in [0.3, 0.4) is 0 Å². The predicted octanol–water partition coefficient (Wildman–Crippen LogP) is 4.21. The molecule has 1 saturated heterocycles. The Bertz CT molecular complexity index is 891. The third-order valence-electron chi connectivity index (χ3n) is 7.14. The van der Waals surface area contributed by atoms with E-state index in [9.17, 15) is 9.59 Å². The van der Waals surface area contributed by atoms with Gasteiger partial charge in [-0.3, -0.25) is 4.79 Å². The topological polar surface area (TPSA) is 84.7 Å². The number of rotatable bonds is 8. The van der Waals surface area contributed by atoms with Gasteiger partial charge in [-0.15, -0.1) is 0 Å². The van der Waals surface area contributed by atoms with Crippen LogP contribution in [0.5, 0.6) is 0 Å². The number of ketones is 1. The minimum atomic E-state index is -0.822. The molecule has 0 aromatic heterocycles. The van der Waals surface area contributed by atoms with E-state index >= 15 is 0 Å². The second-order valence-corrected chi connectivity index (χ2v) is 9.29. The maximum atomic E-state index is 13.5. The molecule has 0 radical (unpaired) electrons. The van der Waals surface area contributed by atoms with E-state index in [1.807, 2.05) is 60.7 Å². The molecule has 1 heterocycles. The van der Waals surface area contributed by atoms with Crippen molar-refractivity contribution in [2.75, 3.05) is 13.1 Å². The van der Waals surface area contributed by atoms with E-state index in [0.717, 1.165) is 37.1 Å². The van der Waals surface area contributed by atoms with Crippen LogP contribution in [0.1, 0.15) is 55.7 Å². The molecule has 0 bridgehead atoms. The summed E-state index contributed by atoms with van der Waals surface area (Å²) in [7, 11) is 0. The van der Waals surface area contributed by atoms with Gasteiger partial charge < -0.3 is 20.7 Å². The lowest BCUT2D eigenvalue weighted by atomic mass is 9.84. The van der Waals surface area contributed by atoms with Crippen molar-refractivity contribution >= 4 is 11.9 Å². The molecule has 2 aliphatic rings. The lowest BCUT2D eigenvalue weighted by Gasteiger charge is -2.38. The first-order valence-corrected chi connectivity index (χ1v) is 12.2. The van der Waals surface area contributed by atoms with Gasteiger partial charge >= 0.3 is 6.09 Å². The van der Waals surface area contributed by atoms with Crippen LogP contribution in [0, 0.1) is 5.92 Å². The Morgan fingerprint density at radius 1 is 0.939 bits per heavy atom. The molecule has 3 N–H and O–H groups in total. The number of Topliss-reactive ketones (excluding diaryl/α,β-unsaturated/α-hetero) is 1. The number of amides is 1. The molecule has 2 atom stereocenters. The third kappa shape index (κ3) is 6.21. The normalized spacial score (nSPS) is 19.7. The average molecular weight is 450 g/mol. The van der Waals surface area contributed by atoms with Crippen LogP contribution in [0.15, 0.2) is 60.7 Å². The van der Waals surface area contributed by atoms with Crippen LogP contribution in [0.2, 0.25) is 0 Å². The van der Waals surface area contributed by atoms with Crippen molar-refractivity contribution in [3.8, 4) is 0 Å². The predicted molar refractivity (Wildman–Crippen MR) is 128 cm³/mol. The van der Waals surface area contributed by atoms with Gasteiger partial charge in [0.05, 0.1) is 6.04 Å². The van der Waals surface area contributed by atoms with Crippen LogP contribution in [-0.2, 0) is 16.1 Å². The van der Waals surface area contributed by atoms with Crippen LogP contribution in [0.4, 0.5) is 4.79 Å². The van der Waals surface area contributed by atoms with E-state index in [0.29, 0.717) is 6.04 Å². The Morgan fingerprint density at radius 2 is 1.55 bits per heavy atom. The number of ether oxygens (including phenoxy) is 1. The van der Waals surface area contributed by atoms with Crippen molar-refractivity contribution in [1.82, 2.24) is 10.2 Å². The molecular formula is C27H35N3O3. The number of hydrogen-bond acceptors (Lipinski definition) is 5. The zero-order valence-corrected chi connectivity index (χ0v) is 19.2. The number of piperidine rings is 1. The van der Waals surface area contributed by atoms with Crippen LogP contribution in [0.25, 0.3) is 0 Å². The third-order valence-corrected chi connectivity index (χ3v) is 7.14. The lowest BCUT2D eigenvalue weighted by molar-refractivity contribution is -0.124. The molecule has 2 aromatic rings. The van der Waals surface area contributed by atoms with E-state index in [4.69, 9.17) is 10.5 Å². The molecule has 176 valence electrons. The maximum Gasteiger partial charge on any atom is 0.408 e. The Kier molecular flexibility index (Phi) is 8.13. The van der Waals surface area contributed by atoms with Crippen LogP contribution in [-0.4, -0.2) is 41.9 Å². The zero-order chi connectivity index (χ0) is 23.0. The number of carbonyl (C=O) groups is 2. The molecule has 2 aromatic carbocycles. The summed E-state index contributed by atoms with van der Waals surface area (Å²) in [6.45, 7) is 2.14. The first-order valence-electron chi connectivity index (χ1n) is 12.2. The van der Waals surface area contributed by atoms with Crippen molar-refractivity contribution in [1.29, 1.82) is 0 Å². The number of alkyl carbamates (subject to hydrolysis) is 1. The minimum Gasteiger partial charge on any atom is -0.445 e. The summed E-state index contributed by atoms with van der Waals surface area (Å²) in [4.78, 5) is 28.6. The minimum absolute atomic E-state index is 0.128. The highest BCUT2D eigenvalue weighted by molar-refractivity contribution is 5.92. The quantitative estimate of drug-likeness (QED) is 0.631. The summed E-state index contributed by atoms with van der Waals surface area (Å²) >= 11 is 0. The summed E-state index contributed by atoms with van der Waals surface area (Å²) in [5.41, 5.74) is 8.12. The second kappa shape index (κ2) is 11.4. The average Bonchev–Trinajstić information content (AvgIpc) is 3.42. The van der Waals surface area contributed by atoms with Gasteiger partial charge in [-0.05, 0) is 55.8 Å². The molecule has 6 nitrogen and oxygen atoms in total. The van der Waals surface area contributed by atoms with E-state index in [1.54, 1.807) is 0 Å². The molecule has 1 amide bonds. The number of hydrogen-bond donors (Lipinski definition) is 2. The molecule has 0 spiro atoms. The van der Waals surface area contributed by atoms with Crippen molar-refractivity contribution in [2.24, 2.45) is 11.7 Å². The molecule has 1 unspecified atom stereocenters. The molecule has 2 fully saturated rings. The van der Waals surface area contributed by atoms with Gasteiger partial charge in [-0.2, -0.15) is 0 Å². The first kappa shape index (κ1) is 23.5. The largest absolute Gasteiger partial charge is 0.445 e. The molecule has 1 aliphatic carbocycles. The van der Waals surface area contributed by atoms with Gasteiger partial charge in [0.1, 0.15) is 12.6 Å². The molecule has 4 rings (SSSR count). The number of carbonyl (C=O) groups excluding carboxylic acids is 2. The monoisotopic (exact) mass is 449 g/mol. The van der Waals surface area contributed by atoms with Crippen LogP contribution < -0.4 is 11.1 Å². The van der Waals surface area contributed by atoms with Gasteiger partial charge in [0.2, 0.25) is 0 Å². The number of likely N-dealkylation sites (tertiary alicyclic amines) is 1. The summed E-state index contributed by atoms with van der Waals surface area (Å²) in [5, 5.41) is 2.78. The van der Waals surface area contributed by atoms with Crippen molar-refractivity contribution in [2.45, 2.75) is 63.3 Å². The fourth-order valence-corrected chi connectivity index (χ4v) is 5.18. The zero-order valence-electron chi connectivity index (χ0n) is 19.2. The number of nitrogens with two attached hydrogens (primary N) is 1. The SMILES string of the molecule is NC(C(=O)[C@H](NC(=O)OCc1ccccc1)c1ccccc1)C1CCN(C2CCCC2)CC1. The fraction of sp³-hybridized carbons (Fsp3) is 0.481. The van der Waals surface area contributed by atoms with Crippen molar-refractivity contribution < 1.29 is 14.3 Å². The fourth-order valence-electron chi connectivity index (χ4n) is 5.18. The second-order valence-electron chi connectivity index (χ2n) is 9.29. The van der Waals surface area contributed by atoms with Gasteiger partial charge in [0.25, 0.3) is 0 Å². The Labute approximate surface area is 196 Å². The van der Waals surface area contributed by atoms with Gasteiger partial charge in [0, 0.05) is 6.04 Å². The smallest absolute Gasteiger partial charge is 0.408 e. The van der Waals surface area contributed by atoms with Gasteiger partial charge in [-0.25, -0.2) is 4.79 Å². The lowest BCUT2D eigenvalue weighted by Crippen LogP contribution is -2.50. The van der Waals surface area contributed by atoms with Gasteiger partial charge in [0.15, 0.2) is 5.78 Å². The standard InChI is InChI=1S/C27H35N3O3/c28-24(21-15-17-30(18-16-21)23-13-7-8-14-23)26(31)25(22-11-5-2-6-12-22)29-27(32)33-19-20-9-3-1-4-10-20/h1-6,9-12,21,23-25H,7-8,13-19,28H2,(H,29,32)/t24?,25-/m1/s1. The highest BCUT2D eigenvalue weighted by Gasteiger charge is 2.35. The highest BCUT2D eigenvalue weighted by Crippen LogP contribution is 2.30. The summed E-state index contributed by atoms with van der Waals surface area (Å²) < 4.78 is 5.38. The summed E-state index contributed by atoms with van der Waals surface area (Å²) in [5.74, 6) is -0.0271. The van der Waals surface area contributed by atoms with E-state index in [-0.39, 0.29) is 18.3 Å². The first-order chi connectivity index (χ1) is 16.1. The van der Waals surface area contributed by atoms with E-state index < -0.39 is 18.2 Å². The molecular weight excluding hydrogens is 414 g/mol. The highest BCUT2D eigenvalue weighted by atomic mass is 16.5. The number of benzene rings is 2. The maximum absolute atomic E-state index is 13.5. The number of nitrogens with zero attached hydrogens (tertiary/aromatic N) is 1. The molecule has 33 heavy (non-hydrogen) atoms. The number of nitrogens with one attached hydrogen (secondary N) is 1. The van der Waals surface area contributed by atoms with Crippen molar-refractivity contribution in [3.05, 3.63) is 71.8 Å². The molecule has 1 saturated carbocycles. The summed E-state index contributed by atoms with van der Waals surface area (Å²) in [6, 6.07) is 18.0.